The number of nitrogens with one attached hydrogen (secondary N) is 2. The molecule has 4 heterocycles. The largest absolute Gasteiger partial charge is 0.494 e. The SMILES string of the molecule is CCNC(=NCc1cc2c(cc1OCC)CC(C)O2)NCC1CN2CCN1CC2.I. The van der Waals surface area contributed by atoms with Crippen molar-refractivity contribution in [3.05, 3.63) is 23.3 Å². The molecule has 0 aliphatic carbocycles. The van der Waals surface area contributed by atoms with Gasteiger partial charge in [0.15, 0.2) is 5.96 Å². The van der Waals surface area contributed by atoms with E-state index in [1.807, 2.05) is 6.92 Å². The highest BCUT2D eigenvalue weighted by Crippen LogP contribution is 2.35. The van der Waals surface area contributed by atoms with Crippen molar-refractivity contribution >= 4 is 29.9 Å². The van der Waals surface area contributed by atoms with Gasteiger partial charge >= 0.3 is 0 Å². The van der Waals surface area contributed by atoms with Crippen LogP contribution in [-0.4, -0.2) is 80.3 Å². The average molecular weight is 529 g/mol. The molecule has 4 aliphatic heterocycles. The highest BCUT2D eigenvalue weighted by molar-refractivity contribution is 14.0. The second-order valence-corrected chi connectivity index (χ2v) is 8.20. The zero-order chi connectivity index (χ0) is 20.2. The number of nitrogens with zero attached hydrogens (tertiary/aromatic N) is 3. The minimum atomic E-state index is 0. The molecular weight excluding hydrogens is 493 g/mol. The lowest BCUT2D eigenvalue weighted by atomic mass is 10.1. The van der Waals surface area contributed by atoms with Gasteiger partial charge in [-0.15, -0.1) is 24.0 Å². The van der Waals surface area contributed by atoms with Gasteiger partial charge in [-0.1, -0.05) is 0 Å². The predicted molar refractivity (Wildman–Crippen MR) is 131 cm³/mol. The van der Waals surface area contributed by atoms with Crippen LogP contribution in [0.3, 0.4) is 0 Å². The smallest absolute Gasteiger partial charge is 0.191 e. The molecule has 0 amide bonds. The lowest BCUT2D eigenvalue weighted by Crippen LogP contribution is -2.63. The van der Waals surface area contributed by atoms with Crippen LogP contribution in [0.1, 0.15) is 31.9 Å². The van der Waals surface area contributed by atoms with Gasteiger partial charge in [-0.05, 0) is 32.9 Å². The predicted octanol–water partition coefficient (Wildman–Crippen LogP) is 2.08. The van der Waals surface area contributed by atoms with Crippen LogP contribution in [0.5, 0.6) is 11.5 Å². The van der Waals surface area contributed by atoms with Crippen molar-refractivity contribution in [2.45, 2.75) is 45.9 Å². The average Bonchev–Trinajstić information content (AvgIpc) is 3.10. The van der Waals surface area contributed by atoms with Gasteiger partial charge in [-0.2, -0.15) is 0 Å². The first-order valence-electron chi connectivity index (χ1n) is 11.1. The Kier molecular flexibility index (Phi) is 8.47. The third-order valence-corrected chi connectivity index (χ3v) is 6.03. The number of rotatable bonds is 7. The van der Waals surface area contributed by atoms with Gasteiger partial charge < -0.3 is 20.1 Å². The highest BCUT2D eigenvalue weighted by Gasteiger charge is 2.31. The van der Waals surface area contributed by atoms with Crippen molar-refractivity contribution in [2.24, 2.45) is 4.99 Å². The molecule has 2 unspecified atom stereocenters. The molecule has 1 aromatic carbocycles. The summed E-state index contributed by atoms with van der Waals surface area (Å²) in [5.41, 5.74) is 2.30. The fraction of sp³-hybridized carbons (Fsp3) is 0.682. The van der Waals surface area contributed by atoms with Gasteiger partial charge in [0, 0.05) is 69.4 Å². The van der Waals surface area contributed by atoms with Crippen LogP contribution in [0.15, 0.2) is 17.1 Å². The minimum Gasteiger partial charge on any atom is -0.494 e. The molecule has 0 radical (unpaired) electrons. The summed E-state index contributed by atoms with van der Waals surface area (Å²) < 4.78 is 11.8. The van der Waals surface area contributed by atoms with Crippen LogP contribution in [-0.2, 0) is 13.0 Å². The van der Waals surface area contributed by atoms with E-state index in [1.54, 1.807) is 0 Å². The van der Waals surface area contributed by atoms with E-state index in [0.717, 1.165) is 49.1 Å². The van der Waals surface area contributed by atoms with Gasteiger partial charge in [0.1, 0.15) is 17.6 Å². The van der Waals surface area contributed by atoms with Crippen molar-refractivity contribution in [3.63, 3.8) is 0 Å². The van der Waals surface area contributed by atoms with Crippen molar-refractivity contribution in [1.82, 2.24) is 20.4 Å². The number of hydrogen-bond acceptors (Lipinski definition) is 5. The molecule has 0 aromatic heterocycles. The molecule has 4 aliphatic rings. The fourth-order valence-corrected chi connectivity index (χ4v) is 4.53. The van der Waals surface area contributed by atoms with E-state index in [4.69, 9.17) is 14.5 Å². The first-order chi connectivity index (χ1) is 14.2. The molecule has 5 rings (SSSR count). The highest BCUT2D eigenvalue weighted by atomic mass is 127. The molecule has 7 nitrogen and oxygen atoms in total. The Morgan fingerprint density at radius 3 is 2.67 bits per heavy atom. The van der Waals surface area contributed by atoms with Gasteiger partial charge in [-0.25, -0.2) is 4.99 Å². The molecule has 1 aromatic rings. The first-order valence-corrected chi connectivity index (χ1v) is 11.1. The van der Waals surface area contributed by atoms with E-state index in [2.05, 4.69) is 46.4 Å². The molecule has 3 saturated heterocycles. The van der Waals surface area contributed by atoms with E-state index in [1.165, 1.54) is 31.7 Å². The van der Waals surface area contributed by atoms with Crippen LogP contribution < -0.4 is 20.1 Å². The lowest BCUT2D eigenvalue weighted by molar-refractivity contribution is 0.0154. The monoisotopic (exact) mass is 529 g/mol. The van der Waals surface area contributed by atoms with Crippen LogP contribution in [0.4, 0.5) is 0 Å². The molecule has 0 saturated carbocycles. The Morgan fingerprint density at radius 2 is 2.00 bits per heavy atom. The maximum absolute atomic E-state index is 5.94. The molecule has 30 heavy (non-hydrogen) atoms. The van der Waals surface area contributed by atoms with Gasteiger partial charge in [0.25, 0.3) is 0 Å². The number of benzene rings is 1. The first kappa shape index (κ1) is 23.4. The molecule has 2 N–H and O–H groups in total. The fourth-order valence-electron chi connectivity index (χ4n) is 4.53. The van der Waals surface area contributed by atoms with E-state index >= 15 is 0 Å². The summed E-state index contributed by atoms with van der Waals surface area (Å²) >= 11 is 0. The Balaban J connectivity index is 0.00000256. The number of piperazine rings is 3. The lowest BCUT2D eigenvalue weighted by Gasteiger charge is -2.47. The third kappa shape index (κ3) is 5.50. The number of hydrogen-bond donors (Lipinski definition) is 2. The molecule has 168 valence electrons. The van der Waals surface area contributed by atoms with Crippen LogP contribution in [0.25, 0.3) is 0 Å². The summed E-state index contributed by atoms with van der Waals surface area (Å²) in [7, 11) is 0. The zero-order valence-electron chi connectivity index (χ0n) is 18.4. The molecular formula is C22H36IN5O2. The Bertz CT molecular complexity index is 736. The molecule has 8 heteroatoms. The molecule has 0 spiro atoms. The van der Waals surface area contributed by atoms with Crippen LogP contribution in [0, 0.1) is 0 Å². The summed E-state index contributed by atoms with van der Waals surface area (Å²) in [6.45, 7) is 15.2. The van der Waals surface area contributed by atoms with Gasteiger partial charge in [0.05, 0.1) is 13.2 Å². The molecule has 3 fully saturated rings. The Hall–Kier alpha value is -1.26. The molecule has 2 bridgehead atoms. The summed E-state index contributed by atoms with van der Waals surface area (Å²) in [4.78, 5) is 10.0. The summed E-state index contributed by atoms with van der Waals surface area (Å²) in [6, 6.07) is 4.81. The maximum Gasteiger partial charge on any atom is 0.191 e. The molecule has 2 atom stereocenters. The van der Waals surface area contributed by atoms with Crippen molar-refractivity contribution < 1.29 is 9.47 Å². The second-order valence-electron chi connectivity index (χ2n) is 8.20. The van der Waals surface area contributed by atoms with Crippen LogP contribution in [0.2, 0.25) is 0 Å². The number of halogens is 1. The van der Waals surface area contributed by atoms with Crippen molar-refractivity contribution in [2.75, 3.05) is 52.4 Å². The van der Waals surface area contributed by atoms with Gasteiger partial charge in [0.2, 0.25) is 0 Å². The standard InChI is InChI=1S/C22H35N5O2.HI/c1-4-23-22(25-14-19-15-26-6-8-27(19)9-7-26)24-13-18-12-21-17(10-16(3)29-21)11-20(18)28-5-2;/h11-12,16,19H,4-10,13-15H2,1-3H3,(H2,23,24,25);1H. The van der Waals surface area contributed by atoms with E-state index < -0.39 is 0 Å². The number of ether oxygens (including phenoxy) is 2. The van der Waals surface area contributed by atoms with E-state index in [0.29, 0.717) is 19.2 Å². The normalized spacial score (nSPS) is 27.1. The Labute approximate surface area is 197 Å². The van der Waals surface area contributed by atoms with E-state index in [-0.39, 0.29) is 30.1 Å². The Morgan fingerprint density at radius 1 is 1.20 bits per heavy atom. The number of aliphatic imine (C=N–C) groups is 1. The topological polar surface area (TPSA) is 61.4 Å². The summed E-state index contributed by atoms with van der Waals surface area (Å²) in [5.74, 6) is 2.76. The third-order valence-electron chi connectivity index (χ3n) is 6.03. The van der Waals surface area contributed by atoms with Gasteiger partial charge in [-0.3, -0.25) is 9.80 Å². The van der Waals surface area contributed by atoms with Crippen molar-refractivity contribution in [3.8, 4) is 11.5 Å². The minimum absolute atomic E-state index is 0. The quantitative estimate of drug-likeness (QED) is 0.321. The van der Waals surface area contributed by atoms with Crippen molar-refractivity contribution in [1.29, 1.82) is 0 Å². The number of fused-ring (bicyclic) bond motifs is 4. The second kappa shape index (κ2) is 10.9. The summed E-state index contributed by atoms with van der Waals surface area (Å²) in [5, 5.41) is 6.94. The zero-order valence-corrected chi connectivity index (χ0v) is 20.8. The van der Waals surface area contributed by atoms with Crippen LogP contribution >= 0.6 is 24.0 Å². The number of guanidine groups is 1. The maximum atomic E-state index is 5.94. The summed E-state index contributed by atoms with van der Waals surface area (Å²) in [6.07, 6.45) is 1.17. The van der Waals surface area contributed by atoms with E-state index in [9.17, 15) is 0 Å².